The molecule has 0 aromatic carbocycles. The molecule has 3 fully saturated rings. The van der Waals surface area contributed by atoms with Crippen LogP contribution in [-0.2, 0) is 0 Å². The Labute approximate surface area is 197 Å². The highest BCUT2D eigenvalue weighted by molar-refractivity contribution is 7.21. The minimum Gasteiger partial charge on any atom is -0.358 e. The summed E-state index contributed by atoms with van der Waals surface area (Å²) in [5, 5.41) is 7.55. The van der Waals surface area contributed by atoms with Crippen molar-refractivity contribution in [3.63, 3.8) is 0 Å². The Bertz CT molecular complexity index is 1110. The Morgan fingerprint density at radius 3 is 2.60 bits per heavy atom. The topological polar surface area (TPSA) is 58.1 Å². The van der Waals surface area contributed by atoms with Gasteiger partial charge in [-0.1, -0.05) is 46.1 Å². The van der Waals surface area contributed by atoms with E-state index in [1.54, 1.807) is 11.3 Å². The monoisotopic (exact) mass is 498 g/mol. The van der Waals surface area contributed by atoms with Gasteiger partial charge >= 0.3 is 0 Å². The molecular formula is C20H17Cl3N4OS2. The van der Waals surface area contributed by atoms with Crippen molar-refractivity contribution in [3.05, 3.63) is 44.5 Å². The fourth-order valence-corrected chi connectivity index (χ4v) is 6.64. The molecule has 1 N–H and O–H groups in total. The van der Waals surface area contributed by atoms with E-state index in [2.05, 4.69) is 15.2 Å². The summed E-state index contributed by atoms with van der Waals surface area (Å²) in [6.45, 7) is 1.04. The lowest BCUT2D eigenvalue weighted by molar-refractivity contribution is 0.102. The van der Waals surface area contributed by atoms with Gasteiger partial charge < -0.3 is 4.90 Å². The second-order valence-electron chi connectivity index (χ2n) is 7.58. The average molecular weight is 500 g/mol. The lowest BCUT2D eigenvalue weighted by Crippen LogP contribution is -2.48. The zero-order valence-corrected chi connectivity index (χ0v) is 19.6. The number of aromatic nitrogens is 2. The molecule has 0 radical (unpaired) electrons. The van der Waals surface area contributed by atoms with Gasteiger partial charge in [0.05, 0.1) is 20.5 Å². The van der Waals surface area contributed by atoms with Crippen LogP contribution in [0.25, 0.3) is 10.6 Å². The van der Waals surface area contributed by atoms with Crippen LogP contribution in [0.5, 0.6) is 0 Å². The second-order valence-corrected chi connectivity index (χ2v) is 10.7. The molecule has 10 heteroatoms. The third-order valence-corrected chi connectivity index (χ3v) is 8.64. The van der Waals surface area contributed by atoms with Crippen LogP contribution in [0.4, 0.5) is 10.1 Å². The predicted octanol–water partition coefficient (Wildman–Crippen LogP) is 6.86. The van der Waals surface area contributed by atoms with Crippen molar-refractivity contribution in [3.8, 4) is 10.6 Å². The van der Waals surface area contributed by atoms with E-state index in [1.807, 2.05) is 11.4 Å². The Balaban J connectivity index is 1.48. The van der Waals surface area contributed by atoms with Crippen LogP contribution in [0.15, 0.2) is 23.7 Å². The molecule has 2 saturated heterocycles. The van der Waals surface area contributed by atoms with Crippen molar-refractivity contribution in [2.45, 2.75) is 31.7 Å². The normalized spacial score (nSPS) is 20.6. The van der Waals surface area contributed by atoms with Gasteiger partial charge in [-0.25, -0.2) is 9.97 Å². The number of halogens is 3. The van der Waals surface area contributed by atoms with E-state index in [0.717, 1.165) is 28.0 Å². The summed E-state index contributed by atoms with van der Waals surface area (Å²) in [4.78, 5) is 24.9. The van der Waals surface area contributed by atoms with Crippen LogP contribution in [0.1, 0.15) is 36.0 Å². The molecule has 3 aromatic rings. The first-order valence-corrected chi connectivity index (χ1v) is 12.4. The third-order valence-electron chi connectivity index (χ3n) is 5.66. The SMILES string of the molecule is O=C(Nc1nc(-c2cc(Cl)cs2)c(N2CC3CCC2CC3)s1)c1cnc(Cl)c(Cl)c1. The summed E-state index contributed by atoms with van der Waals surface area (Å²) >= 11 is 21.1. The molecule has 5 nitrogen and oxygen atoms in total. The van der Waals surface area contributed by atoms with Gasteiger partial charge in [0.2, 0.25) is 0 Å². The number of hydrogen-bond donors (Lipinski definition) is 1. The number of anilines is 2. The standard InChI is InChI=1S/C20H17Cl3N4OS2/c21-12-6-15(29-9-12)16-19(27-8-10-1-3-13(27)4-2-10)30-20(25-16)26-18(28)11-5-14(22)17(23)24-7-11/h5-7,9-10,13H,1-4,8H2,(H,25,26,28). The number of hydrogen-bond acceptors (Lipinski definition) is 6. The highest BCUT2D eigenvalue weighted by Crippen LogP contribution is 2.47. The maximum Gasteiger partial charge on any atom is 0.259 e. The first-order valence-electron chi connectivity index (χ1n) is 9.62. The second kappa shape index (κ2) is 8.28. The first-order chi connectivity index (χ1) is 14.5. The van der Waals surface area contributed by atoms with E-state index in [0.29, 0.717) is 21.8 Å². The molecule has 1 amide bonds. The molecule has 0 unspecified atom stereocenters. The summed E-state index contributed by atoms with van der Waals surface area (Å²) in [6.07, 6.45) is 6.43. The Hall–Kier alpha value is -1.38. The molecule has 1 saturated carbocycles. The van der Waals surface area contributed by atoms with E-state index >= 15 is 0 Å². The van der Waals surface area contributed by atoms with Crippen LogP contribution in [0.2, 0.25) is 15.2 Å². The zero-order chi connectivity index (χ0) is 20.8. The maximum atomic E-state index is 12.7. The van der Waals surface area contributed by atoms with Crippen molar-refractivity contribution in [2.75, 3.05) is 16.8 Å². The molecule has 0 atom stereocenters. The van der Waals surface area contributed by atoms with Crippen LogP contribution >= 0.6 is 57.5 Å². The molecule has 0 spiro atoms. The number of thiophene rings is 1. The maximum absolute atomic E-state index is 12.7. The molecule has 2 aliphatic heterocycles. The highest BCUT2D eigenvalue weighted by atomic mass is 35.5. The van der Waals surface area contributed by atoms with Gasteiger partial charge in [-0.3, -0.25) is 10.1 Å². The molecule has 3 aromatic heterocycles. The van der Waals surface area contributed by atoms with Crippen LogP contribution in [0, 0.1) is 5.92 Å². The number of carbonyl (C=O) groups is 1. The summed E-state index contributed by atoms with van der Waals surface area (Å²) in [5.74, 6) is 0.412. The molecule has 2 bridgehead atoms. The van der Waals surface area contributed by atoms with Crippen LogP contribution < -0.4 is 10.2 Å². The number of rotatable bonds is 4. The molecule has 3 aliphatic rings. The smallest absolute Gasteiger partial charge is 0.259 e. The number of nitrogens with zero attached hydrogens (tertiary/aromatic N) is 3. The summed E-state index contributed by atoms with van der Waals surface area (Å²) in [5.41, 5.74) is 1.21. The Morgan fingerprint density at radius 1 is 1.17 bits per heavy atom. The number of piperidine rings is 2. The minimum absolute atomic E-state index is 0.168. The van der Waals surface area contributed by atoms with E-state index in [-0.39, 0.29) is 16.1 Å². The Morgan fingerprint density at radius 2 is 1.97 bits per heavy atom. The van der Waals surface area contributed by atoms with Crippen LogP contribution in [0.3, 0.4) is 0 Å². The zero-order valence-electron chi connectivity index (χ0n) is 15.7. The van der Waals surface area contributed by atoms with Crippen molar-refractivity contribution in [1.29, 1.82) is 0 Å². The predicted molar refractivity (Wildman–Crippen MR) is 126 cm³/mol. The number of amides is 1. The van der Waals surface area contributed by atoms with Crippen molar-refractivity contribution < 1.29 is 4.79 Å². The lowest BCUT2D eigenvalue weighted by Gasteiger charge is -2.46. The fourth-order valence-electron chi connectivity index (χ4n) is 4.19. The Kier molecular flexibility index (Phi) is 5.66. The largest absolute Gasteiger partial charge is 0.358 e. The van der Waals surface area contributed by atoms with Gasteiger partial charge in [-0.15, -0.1) is 11.3 Å². The summed E-state index contributed by atoms with van der Waals surface area (Å²) < 4.78 is 0. The van der Waals surface area contributed by atoms with Crippen LogP contribution in [-0.4, -0.2) is 28.5 Å². The van der Waals surface area contributed by atoms with Gasteiger partial charge in [-0.05, 0) is 43.7 Å². The molecule has 6 rings (SSSR count). The number of pyridine rings is 1. The van der Waals surface area contributed by atoms with Crippen molar-refractivity contribution in [2.24, 2.45) is 5.92 Å². The first kappa shape index (κ1) is 20.5. The highest BCUT2D eigenvalue weighted by Gasteiger charge is 2.36. The molecule has 1 aliphatic carbocycles. The van der Waals surface area contributed by atoms with E-state index in [9.17, 15) is 4.79 Å². The van der Waals surface area contributed by atoms with Gasteiger partial charge in [0.15, 0.2) is 5.13 Å². The van der Waals surface area contributed by atoms with E-state index in [4.69, 9.17) is 39.8 Å². The van der Waals surface area contributed by atoms with Gasteiger partial charge in [-0.2, -0.15) is 0 Å². The summed E-state index contributed by atoms with van der Waals surface area (Å²) in [6, 6.07) is 3.97. The number of carbonyl (C=O) groups excluding carboxylic acids is 1. The molecule has 5 heterocycles. The van der Waals surface area contributed by atoms with Gasteiger partial charge in [0.1, 0.15) is 15.8 Å². The number of thiazole rings is 1. The quantitative estimate of drug-likeness (QED) is 0.398. The number of fused-ring (bicyclic) bond motifs is 3. The lowest BCUT2D eigenvalue weighted by atomic mass is 9.80. The fraction of sp³-hybridized carbons (Fsp3) is 0.350. The van der Waals surface area contributed by atoms with E-state index < -0.39 is 0 Å². The third kappa shape index (κ3) is 3.94. The molecule has 30 heavy (non-hydrogen) atoms. The minimum atomic E-state index is -0.322. The van der Waals surface area contributed by atoms with Crippen molar-refractivity contribution >= 4 is 73.5 Å². The molecular weight excluding hydrogens is 483 g/mol. The molecule has 156 valence electrons. The summed E-state index contributed by atoms with van der Waals surface area (Å²) in [7, 11) is 0. The number of nitrogens with one attached hydrogen (secondary N) is 1. The van der Waals surface area contributed by atoms with E-state index in [1.165, 1.54) is 49.3 Å². The average Bonchev–Trinajstić information content (AvgIpc) is 3.37. The van der Waals surface area contributed by atoms with Gasteiger partial charge in [0, 0.05) is 24.2 Å². The van der Waals surface area contributed by atoms with Crippen molar-refractivity contribution in [1.82, 2.24) is 9.97 Å². The van der Waals surface area contributed by atoms with Gasteiger partial charge in [0.25, 0.3) is 5.91 Å².